The molecule has 1 unspecified atom stereocenters. The second-order valence-corrected chi connectivity index (χ2v) is 8.17. The third-order valence-corrected chi connectivity index (χ3v) is 6.19. The molecule has 2 aromatic rings. The Labute approximate surface area is 199 Å². The van der Waals surface area contributed by atoms with Gasteiger partial charge >= 0.3 is 0 Å². The maximum Gasteiger partial charge on any atom is 0.253 e. The first-order valence-corrected chi connectivity index (χ1v) is 11.7. The number of nitrogens with zero attached hydrogens (tertiary/aromatic N) is 2. The van der Waals surface area contributed by atoms with E-state index in [9.17, 15) is 4.79 Å². The van der Waals surface area contributed by atoms with Gasteiger partial charge in [0, 0.05) is 48.7 Å². The SMILES string of the molecule is CCN(CC)C(=O)c1ccc(N(CCCCC2CCCN2)c2cccc(OC)c2)cc1.Cl. The van der Waals surface area contributed by atoms with Gasteiger partial charge in [0.25, 0.3) is 5.91 Å². The van der Waals surface area contributed by atoms with E-state index in [0.717, 1.165) is 48.7 Å². The first-order chi connectivity index (χ1) is 15.2. The van der Waals surface area contributed by atoms with Gasteiger partial charge in [-0.15, -0.1) is 12.4 Å². The van der Waals surface area contributed by atoms with Crippen LogP contribution >= 0.6 is 12.4 Å². The minimum atomic E-state index is 0. The molecule has 6 heteroatoms. The number of benzene rings is 2. The summed E-state index contributed by atoms with van der Waals surface area (Å²) in [7, 11) is 1.70. The van der Waals surface area contributed by atoms with Crippen LogP contribution in [-0.4, -0.2) is 50.1 Å². The average Bonchev–Trinajstić information content (AvgIpc) is 3.33. The summed E-state index contributed by atoms with van der Waals surface area (Å²) >= 11 is 0. The highest BCUT2D eigenvalue weighted by molar-refractivity contribution is 5.94. The normalized spacial score (nSPS) is 15.2. The molecule has 0 aromatic heterocycles. The molecule has 3 rings (SSSR count). The average molecular weight is 460 g/mol. The Morgan fingerprint density at radius 1 is 1.06 bits per heavy atom. The molecular formula is C26H38ClN3O2. The second-order valence-electron chi connectivity index (χ2n) is 8.17. The van der Waals surface area contributed by atoms with Crippen molar-refractivity contribution in [2.24, 2.45) is 0 Å². The molecule has 0 radical (unpaired) electrons. The highest BCUT2D eigenvalue weighted by Gasteiger charge is 2.16. The second kappa shape index (κ2) is 13.3. The van der Waals surface area contributed by atoms with Crippen molar-refractivity contribution in [3.8, 4) is 5.75 Å². The first kappa shape index (κ1) is 26.0. The molecule has 2 aromatic carbocycles. The molecule has 5 nitrogen and oxygen atoms in total. The monoisotopic (exact) mass is 459 g/mol. The van der Waals surface area contributed by atoms with Gasteiger partial charge in [0.2, 0.25) is 0 Å². The van der Waals surface area contributed by atoms with E-state index >= 15 is 0 Å². The van der Waals surface area contributed by atoms with Crippen LogP contribution in [0, 0.1) is 0 Å². The molecule has 1 aliphatic rings. The van der Waals surface area contributed by atoms with Crippen LogP contribution in [0.25, 0.3) is 0 Å². The number of halogens is 1. The molecule has 0 spiro atoms. The van der Waals surface area contributed by atoms with Crippen LogP contribution in [0.3, 0.4) is 0 Å². The van der Waals surface area contributed by atoms with Crippen molar-refractivity contribution >= 4 is 29.7 Å². The largest absolute Gasteiger partial charge is 0.497 e. The number of unbranched alkanes of at least 4 members (excludes halogenated alkanes) is 1. The smallest absolute Gasteiger partial charge is 0.253 e. The molecule has 176 valence electrons. The number of carbonyl (C=O) groups excluding carboxylic acids is 1. The lowest BCUT2D eigenvalue weighted by molar-refractivity contribution is 0.0773. The minimum absolute atomic E-state index is 0. The number of hydrogen-bond donors (Lipinski definition) is 1. The maximum absolute atomic E-state index is 12.7. The van der Waals surface area contributed by atoms with E-state index in [1.165, 1.54) is 32.2 Å². The predicted molar refractivity (Wildman–Crippen MR) is 136 cm³/mol. The summed E-state index contributed by atoms with van der Waals surface area (Å²) in [6.07, 6.45) is 6.18. The summed E-state index contributed by atoms with van der Waals surface area (Å²) < 4.78 is 5.45. The van der Waals surface area contributed by atoms with Crippen molar-refractivity contribution in [1.82, 2.24) is 10.2 Å². The highest BCUT2D eigenvalue weighted by Crippen LogP contribution is 2.29. The number of nitrogens with one attached hydrogen (secondary N) is 1. The summed E-state index contributed by atoms with van der Waals surface area (Å²) in [5.41, 5.74) is 2.95. The van der Waals surface area contributed by atoms with Crippen LogP contribution in [0.15, 0.2) is 48.5 Å². The lowest BCUT2D eigenvalue weighted by Gasteiger charge is -2.26. The Balaban J connectivity index is 0.00000363. The van der Waals surface area contributed by atoms with Gasteiger partial charge in [0.15, 0.2) is 0 Å². The maximum atomic E-state index is 12.7. The van der Waals surface area contributed by atoms with Gasteiger partial charge < -0.3 is 19.9 Å². The van der Waals surface area contributed by atoms with Crippen LogP contribution in [0.4, 0.5) is 11.4 Å². The Hall–Kier alpha value is -2.24. The van der Waals surface area contributed by atoms with E-state index in [4.69, 9.17) is 4.74 Å². The lowest BCUT2D eigenvalue weighted by Crippen LogP contribution is -2.30. The zero-order valence-electron chi connectivity index (χ0n) is 19.7. The molecule has 1 saturated heterocycles. The zero-order chi connectivity index (χ0) is 22.1. The number of rotatable bonds is 11. The van der Waals surface area contributed by atoms with Crippen molar-refractivity contribution in [2.75, 3.05) is 38.2 Å². The summed E-state index contributed by atoms with van der Waals surface area (Å²) in [5, 5.41) is 3.59. The van der Waals surface area contributed by atoms with Crippen LogP contribution in [0.1, 0.15) is 56.3 Å². The molecule has 0 aliphatic carbocycles. The Morgan fingerprint density at radius 3 is 2.44 bits per heavy atom. The van der Waals surface area contributed by atoms with E-state index in [2.05, 4.69) is 34.5 Å². The third kappa shape index (κ3) is 6.88. The molecule has 0 saturated carbocycles. The van der Waals surface area contributed by atoms with Gasteiger partial charge in [-0.1, -0.05) is 12.5 Å². The van der Waals surface area contributed by atoms with Gasteiger partial charge in [-0.25, -0.2) is 0 Å². The zero-order valence-corrected chi connectivity index (χ0v) is 20.5. The Morgan fingerprint density at radius 2 is 1.81 bits per heavy atom. The molecule has 1 heterocycles. The molecule has 1 atom stereocenters. The molecular weight excluding hydrogens is 422 g/mol. The van der Waals surface area contributed by atoms with Gasteiger partial charge in [-0.2, -0.15) is 0 Å². The van der Waals surface area contributed by atoms with Crippen molar-refractivity contribution in [2.45, 2.75) is 52.0 Å². The van der Waals surface area contributed by atoms with Gasteiger partial charge in [0.1, 0.15) is 5.75 Å². The highest BCUT2D eigenvalue weighted by atomic mass is 35.5. The molecule has 0 bridgehead atoms. The number of carbonyl (C=O) groups is 1. The summed E-state index contributed by atoms with van der Waals surface area (Å²) in [5.74, 6) is 0.944. The van der Waals surface area contributed by atoms with E-state index in [1.807, 2.05) is 43.0 Å². The van der Waals surface area contributed by atoms with Crippen molar-refractivity contribution in [3.63, 3.8) is 0 Å². The van der Waals surface area contributed by atoms with E-state index in [1.54, 1.807) is 7.11 Å². The van der Waals surface area contributed by atoms with Crippen molar-refractivity contribution in [1.29, 1.82) is 0 Å². The van der Waals surface area contributed by atoms with E-state index < -0.39 is 0 Å². The number of methoxy groups -OCH3 is 1. The predicted octanol–water partition coefficient (Wildman–Crippen LogP) is 5.66. The van der Waals surface area contributed by atoms with Crippen LogP contribution < -0.4 is 15.0 Å². The summed E-state index contributed by atoms with van der Waals surface area (Å²) in [4.78, 5) is 16.9. The van der Waals surface area contributed by atoms with Crippen LogP contribution in [0.2, 0.25) is 0 Å². The van der Waals surface area contributed by atoms with Crippen molar-refractivity contribution in [3.05, 3.63) is 54.1 Å². The summed E-state index contributed by atoms with van der Waals surface area (Å²) in [6.45, 7) is 7.58. The van der Waals surface area contributed by atoms with Gasteiger partial charge in [0.05, 0.1) is 7.11 Å². The fraction of sp³-hybridized carbons (Fsp3) is 0.500. The van der Waals surface area contributed by atoms with E-state index in [-0.39, 0.29) is 18.3 Å². The number of ether oxygens (including phenoxy) is 1. The van der Waals surface area contributed by atoms with Crippen LogP contribution in [-0.2, 0) is 0 Å². The number of anilines is 2. The van der Waals surface area contributed by atoms with E-state index in [0.29, 0.717) is 6.04 Å². The fourth-order valence-electron chi connectivity index (χ4n) is 4.33. The first-order valence-electron chi connectivity index (χ1n) is 11.7. The standard InChI is InChI=1S/C26H37N3O2.ClH/c1-4-28(5-2)26(30)21-14-16-23(17-15-21)29(24-12-8-13-25(20-24)31-3)19-7-6-10-22-11-9-18-27-22;/h8,12-17,20,22,27H,4-7,9-11,18-19H2,1-3H3;1H. The topological polar surface area (TPSA) is 44.8 Å². The number of hydrogen-bond acceptors (Lipinski definition) is 4. The molecule has 1 N–H and O–H groups in total. The molecule has 1 aliphatic heterocycles. The Bertz CT molecular complexity index is 818. The fourth-order valence-corrected chi connectivity index (χ4v) is 4.33. The molecule has 1 fully saturated rings. The van der Waals surface area contributed by atoms with Gasteiger partial charge in [-0.05, 0) is 82.5 Å². The quantitative estimate of drug-likeness (QED) is 0.440. The number of amides is 1. The minimum Gasteiger partial charge on any atom is -0.497 e. The van der Waals surface area contributed by atoms with Crippen LogP contribution in [0.5, 0.6) is 5.75 Å². The molecule has 32 heavy (non-hydrogen) atoms. The van der Waals surface area contributed by atoms with Gasteiger partial charge in [-0.3, -0.25) is 4.79 Å². The van der Waals surface area contributed by atoms with Crippen molar-refractivity contribution < 1.29 is 9.53 Å². The molecule has 1 amide bonds. The third-order valence-electron chi connectivity index (χ3n) is 6.19. The lowest BCUT2D eigenvalue weighted by atomic mass is 10.1. The summed E-state index contributed by atoms with van der Waals surface area (Å²) in [6, 6.07) is 16.9. The Kier molecular flexibility index (Phi) is 10.8.